The number of hydrogen-bond donors (Lipinski definition) is 0. The van der Waals surface area contributed by atoms with E-state index in [0.717, 1.165) is 19.3 Å². The summed E-state index contributed by atoms with van der Waals surface area (Å²) in [6, 6.07) is -0.665. The number of fused-ring (bicyclic) bond motifs is 1. The summed E-state index contributed by atoms with van der Waals surface area (Å²) < 4.78 is 0. The molecular weight excluding hydrogens is 168 g/mol. The first-order valence-corrected chi connectivity index (χ1v) is 4.69. The molecule has 0 aromatic rings. The Kier molecular flexibility index (Phi) is 1.98. The molecule has 4 heteroatoms. The quantitative estimate of drug-likeness (QED) is 0.549. The molecular formula is C9H12N2O2. The highest BCUT2D eigenvalue weighted by Crippen LogP contribution is 2.32. The zero-order valence-corrected chi connectivity index (χ0v) is 7.56. The molecule has 1 aliphatic carbocycles. The molecule has 2 fully saturated rings. The van der Waals surface area contributed by atoms with Gasteiger partial charge < -0.3 is 0 Å². The van der Waals surface area contributed by atoms with Gasteiger partial charge in [-0.2, -0.15) is 5.32 Å². The molecule has 0 bridgehead atoms. The van der Waals surface area contributed by atoms with E-state index in [1.54, 1.807) is 0 Å². The zero-order chi connectivity index (χ0) is 9.42. The molecule has 1 saturated heterocycles. The first-order chi connectivity index (χ1) is 6.18. The van der Waals surface area contributed by atoms with Crippen LogP contribution in [0.3, 0.4) is 0 Å². The van der Waals surface area contributed by atoms with Gasteiger partial charge in [0.25, 0.3) is 5.91 Å². The number of imide groups is 1. The number of amides is 3. The Bertz CT molecular complexity index is 252. The number of carbonyl (C=O) groups excluding carboxylic acids is 2. The minimum Gasteiger partial charge on any atom is -0.272 e. The Morgan fingerprint density at radius 2 is 2.08 bits per heavy atom. The molecule has 0 spiro atoms. The first kappa shape index (κ1) is 8.53. The van der Waals surface area contributed by atoms with Crippen LogP contribution in [-0.4, -0.2) is 18.0 Å². The second kappa shape index (κ2) is 3.01. The Hall–Kier alpha value is -1.06. The number of urea groups is 1. The van der Waals surface area contributed by atoms with Gasteiger partial charge in [-0.3, -0.25) is 4.79 Å². The van der Waals surface area contributed by atoms with E-state index in [4.69, 9.17) is 0 Å². The highest BCUT2D eigenvalue weighted by molar-refractivity contribution is 5.98. The highest BCUT2D eigenvalue weighted by Gasteiger charge is 2.43. The molecule has 4 nitrogen and oxygen atoms in total. The predicted octanol–water partition coefficient (Wildman–Crippen LogP) is 0.660. The summed E-state index contributed by atoms with van der Waals surface area (Å²) in [6.45, 7) is 2.04. The van der Waals surface area contributed by atoms with Crippen molar-refractivity contribution in [2.24, 2.45) is 11.8 Å². The predicted molar refractivity (Wildman–Crippen MR) is 45.0 cm³/mol. The van der Waals surface area contributed by atoms with E-state index in [9.17, 15) is 9.59 Å². The molecule has 13 heavy (non-hydrogen) atoms. The third-order valence-corrected chi connectivity index (χ3v) is 2.95. The van der Waals surface area contributed by atoms with Crippen LogP contribution in [0.2, 0.25) is 0 Å². The van der Waals surface area contributed by atoms with Crippen molar-refractivity contribution in [2.75, 3.05) is 0 Å². The summed E-state index contributed by atoms with van der Waals surface area (Å²) in [5.41, 5.74) is 0. The lowest BCUT2D eigenvalue weighted by molar-refractivity contribution is -0.129. The summed E-state index contributed by atoms with van der Waals surface area (Å²) in [5, 5.41) is 7.25. The van der Waals surface area contributed by atoms with Gasteiger partial charge in [-0.05, 0) is 18.8 Å². The molecule has 3 atom stereocenters. The van der Waals surface area contributed by atoms with Crippen molar-refractivity contribution in [3.05, 3.63) is 0 Å². The summed E-state index contributed by atoms with van der Waals surface area (Å²) in [7, 11) is 0. The third-order valence-electron chi connectivity index (χ3n) is 2.95. The molecule has 2 aliphatic rings. The Morgan fingerprint density at radius 1 is 1.31 bits per heavy atom. The summed E-state index contributed by atoms with van der Waals surface area (Å²) >= 11 is 0. The molecule has 1 saturated carbocycles. The normalized spacial score (nSPS) is 39.0. The molecule has 0 aromatic heterocycles. The van der Waals surface area contributed by atoms with Gasteiger partial charge in [-0.15, -0.1) is 0 Å². The Labute approximate surface area is 77.1 Å². The van der Waals surface area contributed by atoms with Crippen LogP contribution in [0.25, 0.3) is 0 Å². The van der Waals surface area contributed by atoms with E-state index >= 15 is 0 Å². The lowest BCUT2D eigenvalue weighted by Crippen LogP contribution is -2.54. The van der Waals surface area contributed by atoms with E-state index in [0.29, 0.717) is 5.92 Å². The zero-order valence-electron chi connectivity index (χ0n) is 7.56. The van der Waals surface area contributed by atoms with Crippen LogP contribution >= 0.6 is 0 Å². The number of carbonyl (C=O) groups is 2. The van der Waals surface area contributed by atoms with E-state index < -0.39 is 6.03 Å². The van der Waals surface area contributed by atoms with Gasteiger partial charge in [0, 0.05) is 0 Å². The van der Waals surface area contributed by atoms with Crippen molar-refractivity contribution in [3.8, 4) is 0 Å². The van der Waals surface area contributed by atoms with Crippen LogP contribution in [0.5, 0.6) is 0 Å². The molecule has 3 unspecified atom stereocenters. The number of rotatable bonds is 0. The van der Waals surface area contributed by atoms with E-state index in [2.05, 4.69) is 10.6 Å². The van der Waals surface area contributed by atoms with Gasteiger partial charge in [-0.25, -0.2) is 10.1 Å². The van der Waals surface area contributed by atoms with Crippen molar-refractivity contribution in [3.63, 3.8) is 0 Å². The van der Waals surface area contributed by atoms with Crippen LogP contribution < -0.4 is 10.6 Å². The van der Waals surface area contributed by atoms with E-state index in [-0.39, 0.29) is 17.9 Å². The topological polar surface area (TPSA) is 62.3 Å². The van der Waals surface area contributed by atoms with Crippen molar-refractivity contribution >= 4 is 11.9 Å². The second-order valence-electron chi connectivity index (χ2n) is 3.86. The SMILES string of the molecule is CC1CCCC2[N]C(=O)[N]C(=O)C12. The average molecular weight is 180 g/mol. The van der Waals surface area contributed by atoms with Crippen LogP contribution in [0, 0.1) is 11.8 Å². The average Bonchev–Trinajstić information content (AvgIpc) is 2.02. The van der Waals surface area contributed by atoms with Gasteiger partial charge >= 0.3 is 6.03 Å². The minimum atomic E-state index is -0.583. The van der Waals surface area contributed by atoms with Crippen molar-refractivity contribution in [1.82, 2.24) is 10.6 Å². The molecule has 1 aliphatic heterocycles. The number of nitrogens with zero attached hydrogens (tertiary/aromatic N) is 2. The third kappa shape index (κ3) is 1.41. The largest absolute Gasteiger partial charge is 0.365 e. The number of hydrogen-bond acceptors (Lipinski definition) is 2. The van der Waals surface area contributed by atoms with Crippen molar-refractivity contribution < 1.29 is 9.59 Å². The fourth-order valence-electron chi connectivity index (χ4n) is 2.28. The van der Waals surface area contributed by atoms with Crippen LogP contribution in [0.4, 0.5) is 4.79 Å². The lowest BCUT2D eigenvalue weighted by atomic mass is 9.75. The maximum absolute atomic E-state index is 11.4. The standard InChI is InChI=1S/C9H12N2O2/c1-5-3-2-4-6-7(5)8(12)11-9(13)10-6/h5-7H,2-4H2,1H3. The van der Waals surface area contributed by atoms with E-state index in [1.165, 1.54) is 0 Å². The maximum Gasteiger partial charge on any atom is 0.365 e. The first-order valence-electron chi connectivity index (χ1n) is 4.69. The van der Waals surface area contributed by atoms with Gasteiger partial charge in [0.05, 0.1) is 12.0 Å². The molecule has 0 N–H and O–H groups in total. The van der Waals surface area contributed by atoms with Crippen molar-refractivity contribution in [2.45, 2.75) is 32.2 Å². The summed E-state index contributed by atoms with van der Waals surface area (Å²) in [4.78, 5) is 22.3. The van der Waals surface area contributed by atoms with Crippen LogP contribution in [0.15, 0.2) is 0 Å². The molecule has 1 heterocycles. The molecule has 0 aromatic carbocycles. The van der Waals surface area contributed by atoms with Gasteiger partial charge in [0.2, 0.25) is 0 Å². The van der Waals surface area contributed by atoms with Gasteiger partial charge in [0.1, 0.15) is 0 Å². The Morgan fingerprint density at radius 3 is 2.85 bits per heavy atom. The van der Waals surface area contributed by atoms with Crippen LogP contribution in [0.1, 0.15) is 26.2 Å². The minimum absolute atomic E-state index is 0.0822. The lowest BCUT2D eigenvalue weighted by Gasteiger charge is -2.36. The van der Waals surface area contributed by atoms with Gasteiger partial charge in [0.15, 0.2) is 0 Å². The fourth-order valence-corrected chi connectivity index (χ4v) is 2.28. The molecule has 3 amide bonds. The summed E-state index contributed by atoms with van der Waals surface area (Å²) in [5.74, 6) is -0.0458. The van der Waals surface area contributed by atoms with Crippen LogP contribution in [-0.2, 0) is 4.79 Å². The van der Waals surface area contributed by atoms with E-state index in [1.807, 2.05) is 6.92 Å². The molecule has 2 rings (SSSR count). The van der Waals surface area contributed by atoms with Gasteiger partial charge in [-0.1, -0.05) is 13.3 Å². The fraction of sp³-hybridized carbons (Fsp3) is 0.778. The molecule has 2 radical (unpaired) electrons. The van der Waals surface area contributed by atoms with Crippen molar-refractivity contribution in [1.29, 1.82) is 0 Å². The maximum atomic E-state index is 11.4. The smallest absolute Gasteiger partial charge is 0.272 e. The summed E-state index contributed by atoms with van der Waals surface area (Å²) in [6.07, 6.45) is 2.97. The molecule has 70 valence electrons. The Balaban J connectivity index is 2.17. The second-order valence-corrected chi connectivity index (χ2v) is 3.86. The highest BCUT2D eigenvalue weighted by atomic mass is 16.2. The monoisotopic (exact) mass is 180 g/mol.